The lowest BCUT2D eigenvalue weighted by Gasteiger charge is -2.24. The van der Waals surface area contributed by atoms with Crippen molar-refractivity contribution >= 4 is 34.2 Å². The van der Waals surface area contributed by atoms with Gasteiger partial charge in [0.25, 0.3) is 5.91 Å². The summed E-state index contributed by atoms with van der Waals surface area (Å²) >= 11 is 1.35. The highest BCUT2D eigenvalue weighted by molar-refractivity contribution is 7.13. The molecule has 3 heterocycles. The molecule has 1 aromatic heterocycles. The maximum absolute atomic E-state index is 13.1. The summed E-state index contributed by atoms with van der Waals surface area (Å²) in [7, 11) is 0. The number of thiazole rings is 1. The molecule has 4 rings (SSSR count). The van der Waals surface area contributed by atoms with E-state index in [0.29, 0.717) is 36.6 Å². The molecule has 0 radical (unpaired) electrons. The van der Waals surface area contributed by atoms with Crippen LogP contribution in [0, 0.1) is 0 Å². The Bertz CT molecular complexity index is 883. The fraction of sp³-hybridized carbons (Fsp3) is 0.400. The van der Waals surface area contributed by atoms with E-state index >= 15 is 0 Å². The lowest BCUT2D eigenvalue weighted by molar-refractivity contribution is -0.128. The molecule has 8 heteroatoms. The predicted molar refractivity (Wildman–Crippen MR) is 106 cm³/mol. The third-order valence-electron chi connectivity index (χ3n) is 5.20. The third kappa shape index (κ3) is 3.91. The lowest BCUT2D eigenvalue weighted by Crippen LogP contribution is -2.43. The van der Waals surface area contributed by atoms with E-state index in [4.69, 9.17) is 0 Å². The van der Waals surface area contributed by atoms with Gasteiger partial charge in [0.1, 0.15) is 6.04 Å². The molecule has 0 aliphatic carbocycles. The van der Waals surface area contributed by atoms with E-state index in [-0.39, 0.29) is 17.7 Å². The Morgan fingerprint density at radius 2 is 2.14 bits per heavy atom. The zero-order chi connectivity index (χ0) is 19.5. The maximum Gasteiger partial charge on any atom is 0.254 e. The summed E-state index contributed by atoms with van der Waals surface area (Å²) < 4.78 is 0. The van der Waals surface area contributed by atoms with Crippen LogP contribution in [-0.4, -0.2) is 51.6 Å². The van der Waals surface area contributed by atoms with Crippen LogP contribution in [0.3, 0.4) is 0 Å². The van der Waals surface area contributed by atoms with Gasteiger partial charge >= 0.3 is 0 Å². The number of carbonyl (C=O) groups excluding carboxylic acids is 3. The molecule has 2 fully saturated rings. The predicted octanol–water partition coefficient (Wildman–Crippen LogP) is 2.51. The summed E-state index contributed by atoms with van der Waals surface area (Å²) in [5.74, 6) is -0.179. The molecule has 1 aromatic carbocycles. The van der Waals surface area contributed by atoms with Crippen molar-refractivity contribution in [2.75, 3.05) is 18.4 Å². The molecule has 1 atom stereocenters. The lowest BCUT2D eigenvalue weighted by atomic mass is 10.1. The van der Waals surface area contributed by atoms with Gasteiger partial charge in [-0.15, -0.1) is 11.3 Å². The number of carbonyl (C=O) groups is 3. The van der Waals surface area contributed by atoms with E-state index in [2.05, 4.69) is 10.3 Å². The van der Waals surface area contributed by atoms with Gasteiger partial charge in [0, 0.05) is 43.2 Å². The first-order valence-corrected chi connectivity index (χ1v) is 10.4. The summed E-state index contributed by atoms with van der Waals surface area (Å²) in [6, 6.07) is 6.89. The molecule has 1 N–H and O–H groups in total. The number of likely N-dealkylation sites (tertiary alicyclic amines) is 2. The maximum atomic E-state index is 13.1. The number of hydrogen-bond acceptors (Lipinski definition) is 5. The number of nitrogens with zero attached hydrogens (tertiary/aromatic N) is 3. The quantitative estimate of drug-likeness (QED) is 0.839. The number of benzene rings is 1. The van der Waals surface area contributed by atoms with Crippen LogP contribution in [0.1, 0.15) is 41.6 Å². The number of aromatic nitrogens is 1. The number of rotatable bonds is 5. The van der Waals surface area contributed by atoms with Gasteiger partial charge in [-0.05, 0) is 37.0 Å². The molecule has 2 aliphatic rings. The van der Waals surface area contributed by atoms with Crippen LogP contribution in [0.25, 0.3) is 0 Å². The number of hydrogen-bond donors (Lipinski definition) is 1. The molecule has 0 saturated carbocycles. The summed E-state index contributed by atoms with van der Waals surface area (Å²) in [6.07, 6.45) is 4.56. The van der Waals surface area contributed by atoms with Gasteiger partial charge in [-0.25, -0.2) is 4.98 Å². The summed E-state index contributed by atoms with van der Waals surface area (Å²) in [6.45, 7) is 1.85. The van der Waals surface area contributed by atoms with Crippen LogP contribution in [0.4, 0.5) is 5.13 Å². The van der Waals surface area contributed by atoms with Crippen molar-refractivity contribution in [2.24, 2.45) is 0 Å². The molecule has 2 saturated heterocycles. The van der Waals surface area contributed by atoms with E-state index in [1.54, 1.807) is 22.5 Å². The van der Waals surface area contributed by atoms with E-state index in [9.17, 15) is 14.4 Å². The zero-order valence-electron chi connectivity index (χ0n) is 15.5. The van der Waals surface area contributed by atoms with Crippen LogP contribution in [0.2, 0.25) is 0 Å². The standard InChI is InChI=1S/C20H22N4O3S/c25-17-7-3-9-23(17)13-14-4-1-5-15(12-14)19(27)24-10-2-6-16(24)18(26)22-20-21-8-11-28-20/h1,4-5,8,11-12,16H,2-3,6-7,9-10,13H2,(H,21,22,26). The summed E-state index contributed by atoms with van der Waals surface area (Å²) in [5.41, 5.74) is 1.49. The Balaban J connectivity index is 1.46. The smallest absolute Gasteiger partial charge is 0.254 e. The fourth-order valence-electron chi connectivity index (χ4n) is 3.82. The third-order valence-corrected chi connectivity index (χ3v) is 5.89. The highest BCUT2D eigenvalue weighted by atomic mass is 32.1. The number of amides is 3. The van der Waals surface area contributed by atoms with Crippen molar-refractivity contribution < 1.29 is 14.4 Å². The number of anilines is 1. The molecule has 2 aliphatic heterocycles. The monoisotopic (exact) mass is 398 g/mol. The van der Waals surface area contributed by atoms with Gasteiger partial charge in [-0.3, -0.25) is 14.4 Å². The SMILES string of the molecule is O=C(Nc1nccs1)C1CCCN1C(=O)c1cccc(CN2CCCC2=O)c1. The average molecular weight is 398 g/mol. The van der Waals surface area contributed by atoms with Crippen molar-refractivity contribution in [1.82, 2.24) is 14.8 Å². The molecule has 7 nitrogen and oxygen atoms in total. The molecule has 3 amide bonds. The van der Waals surface area contributed by atoms with Gasteiger partial charge < -0.3 is 15.1 Å². The van der Waals surface area contributed by atoms with Gasteiger partial charge in [-0.1, -0.05) is 12.1 Å². The van der Waals surface area contributed by atoms with Crippen LogP contribution in [0.15, 0.2) is 35.8 Å². The number of nitrogens with one attached hydrogen (secondary N) is 1. The Morgan fingerprint density at radius 3 is 2.89 bits per heavy atom. The minimum Gasteiger partial charge on any atom is -0.338 e. The molecular formula is C20H22N4O3S. The summed E-state index contributed by atoms with van der Waals surface area (Å²) in [4.78, 5) is 45.1. The van der Waals surface area contributed by atoms with E-state index in [0.717, 1.165) is 24.9 Å². The van der Waals surface area contributed by atoms with Crippen molar-refractivity contribution in [3.8, 4) is 0 Å². The molecule has 146 valence electrons. The molecule has 0 bridgehead atoms. The van der Waals surface area contributed by atoms with Gasteiger partial charge in [0.2, 0.25) is 11.8 Å². The highest BCUT2D eigenvalue weighted by Crippen LogP contribution is 2.23. The van der Waals surface area contributed by atoms with E-state index in [1.165, 1.54) is 11.3 Å². The highest BCUT2D eigenvalue weighted by Gasteiger charge is 2.35. The summed E-state index contributed by atoms with van der Waals surface area (Å²) in [5, 5.41) is 5.13. The molecule has 2 aromatic rings. The largest absolute Gasteiger partial charge is 0.338 e. The van der Waals surface area contributed by atoms with Crippen LogP contribution < -0.4 is 5.32 Å². The van der Waals surface area contributed by atoms with Gasteiger partial charge in [0.05, 0.1) is 0 Å². The molecule has 1 unspecified atom stereocenters. The van der Waals surface area contributed by atoms with Gasteiger partial charge in [0.15, 0.2) is 5.13 Å². The second kappa shape index (κ2) is 8.10. The second-order valence-electron chi connectivity index (χ2n) is 7.10. The Kier molecular flexibility index (Phi) is 5.38. The van der Waals surface area contributed by atoms with Crippen LogP contribution in [0.5, 0.6) is 0 Å². The average Bonchev–Trinajstić information content (AvgIpc) is 3.44. The van der Waals surface area contributed by atoms with Crippen molar-refractivity contribution in [2.45, 2.75) is 38.3 Å². The molecule has 28 heavy (non-hydrogen) atoms. The van der Waals surface area contributed by atoms with Gasteiger partial charge in [-0.2, -0.15) is 0 Å². The Labute approximate surface area is 167 Å². The minimum atomic E-state index is -0.486. The second-order valence-corrected chi connectivity index (χ2v) is 8.00. The minimum absolute atomic E-state index is 0.147. The fourth-order valence-corrected chi connectivity index (χ4v) is 4.35. The topological polar surface area (TPSA) is 82.6 Å². The zero-order valence-corrected chi connectivity index (χ0v) is 16.3. The first-order valence-electron chi connectivity index (χ1n) is 9.50. The van der Waals surface area contributed by atoms with Crippen molar-refractivity contribution in [3.63, 3.8) is 0 Å². The first kappa shape index (κ1) is 18.6. The van der Waals surface area contributed by atoms with E-state index in [1.807, 2.05) is 23.1 Å². The van der Waals surface area contributed by atoms with E-state index < -0.39 is 6.04 Å². The Morgan fingerprint density at radius 1 is 1.25 bits per heavy atom. The normalized spacial score (nSPS) is 19.3. The van der Waals surface area contributed by atoms with Crippen molar-refractivity contribution in [1.29, 1.82) is 0 Å². The first-order chi connectivity index (χ1) is 13.6. The molecular weight excluding hydrogens is 376 g/mol. The van der Waals surface area contributed by atoms with Crippen LogP contribution >= 0.6 is 11.3 Å². The Hall–Kier alpha value is -2.74. The molecule has 0 spiro atoms. The van der Waals surface area contributed by atoms with Crippen molar-refractivity contribution in [3.05, 3.63) is 47.0 Å². The van der Waals surface area contributed by atoms with Crippen LogP contribution in [-0.2, 0) is 16.1 Å².